The van der Waals surface area contributed by atoms with Crippen molar-refractivity contribution in [1.82, 2.24) is 5.32 Å². The molecule has 1 heteroatoms. The van der Waals surface area contributed by atoms with Crippen molar-refractivity contribution >= 4 is 0 Å². The first-order valence-corrected chi connectivity index (χ1v) is 8.18. The van der Waals surface area contributed by atoms with Crippen LogP contribution in [0.3, 0.4) is 0 Å². The predicted molar refractivity (Wildman–Crippen MR) is 84.9 cm³/mol. The second kappa shape index (κ2) is 8.64. The molecule has 1 N–H and O–H groups in total. The molecule has 1 fully saturated rings. The van der Waals surface area contributed by atoms with Gasteiger partial charge in [-0.1, -0.05) is 27.7 Å². The van der Waals surface area contributed by atoms with Crippen molar-refractivity contribution in [1.29, 1.82) is 0 Å². The Labute approximate surface area is 120 Å². The predicted octanol–water partition coefficient (Wildman–Crippen LogP) is 4.33. The highest BCUT2D eigenvalue weighted by Crippen LogP contribution is 2.39. The summed E-state index contributed by atoms with van der Waals surface area (Å²) < 4.78 is 0. The lowest BCUT2D eigenvalue weighted by Crippen LogP contribution is -2.35. The smallest absolute Gasteiger partial charge is 0.00888 e. The Morgan fingerprint density at radius 2 is 1.89 bits per heavy atom. The molecule has 1 saturated carbocycles. The molecule has 0 radical (unpaired) electrons. The third kappa shape index (κ3) is 6.00. The van der Waals surface area contributed by atoms with E-state index in [1.54, 1.807) is 0 Å². The van der Waals surface area contributed by atoms with Crippen molar-refractivity contribution in [2.45, 2.75) is 59.8 Å². The van der Waals surface area contributed by atoms with Gasteiger partial charge < -0.3 is 5.32 Å². The fourth-order valence-corrected chi connectivity index (χ4v) is 3.42. The minimum Gasteiger partial charge on any atom is -0.316 e. The van der Waals surface area contributed by atoms with Crippen LogP contribution in [0.15, 0.2) is 0 Å². The number of hydrogen-bond donors (Lipinski definition) is 1. The van der Waals surface area contributed by atoms with Crippen molar-refractivity contribution in [3.63, 3.8) is 0 Å². The van der Waals surface area contributed by atoms with E-state index >= 15 is 0 Å². The molecule has 3 unspecified atom stereocenters. The normalized spacial score (nSPS) is 27.7. The highest BCUT2D eigenvalue weighted by molar-refractivity contribution is 4.88. The van der Waals surface area contributed by atoms with Crippen LogP contribution in [0.5, 0.6) is 0 Å². The molecule has 0 saturated heterocycles. The third-order valence-corrected chi connectivity index (χ3v) is 4.74. The highest BCUT2D eigenvalue weighted by Gasteiger charge is 2.30. The number of terminal acetylenes is 1. The molecule has 0 bridgehead atoms. The lowest BCUT2D eigenvalue weighted by Gasteiger charge is -2.38. The summed E-state index contributed by atoms with van der Waals surface area (Å²) >= 11 is 0. The van der Waals surface area contributed by atoms with E-state index in [2.05, 4.69) is 38.9 Å². The SMILES string of the molecule is C#CCCC1CC(C(C)C)CCC1CNCC(C)C. The fraction of sp³-hybridized carbons (Fsp3) is 0.889. The van der Waals surface area contributed by atoms with E-state index in [1.165, 1.54) is 32.2 Å². The number of nitrogens with one attached hydrogen (secondary N) is 1. The van der Waals surface area contributed by atoms with Crippen LogP contribution < -0.4 is 5.32 Å². The van der Waals surface area contributed by atoms with Gasteiger partial charge in [0.2, 0.25) is 0 Å². The Balaban J connectivity index is 2.45. The van der Waals surface area contributed by atoms with Crippen LogP contribution in [0.2, 0.25) is 0 Å². The summed E-state index contributed by atoms with van der Waals surface area (Å²) in [5, 5.41) is 3.65. The maximum absolute atomic E-state index is 5.46. The first-order chi connectivity index (χ1) is 9.04. The molecule has 0 aliphatic heterocycles. The summed E-state index contributed by atoms with van der Waals surface area (Å²) in [4.78, 5) is 0. The average Bonchev–Trinajstić information content (AvgIpc) is 2.36. The Morgan fingerprint density at radius 3 is 2.47 bits per heavy atom. The zero-order chi connectivity index (χ0) is 14.3. The molecule has 1 aliphatic rings. The summed E-state index contributed by atoms with van der Waals surface area (Å²) in [5.41, 5.74) is 0. The Morgan fingerprint density at radius 1 is 1.16 bits per heavy atom. The van der Waals surface area contributed by atoms with Crippen molar-refractivity contribution in [3.8, 4) is 12.3 Å². The van der Waals surface area contributed by atoms with Gasteiger partial charge in [0.15, 0.2) is 0 Å². The van der Waals surface area contributed by atoms with Gasteiger partial charge in [-0.3, -0.25) is 0 Å². The van der Waals surface area contributed by atoms with E-state index in [-0.39, 0.29) is 0 Å². The third-order valence-electron chi connectivity index (χ3n) is 4.74. The standard InChI is InChI=1S/C18H33N/c1-6-7-8-17-11-16(15(4)5)9-10-18(17)13-19-12-14(2)3/h1,14-19H,7-13H2,2-5H3. The summed E-state index contributed by atoms with van der Waals surface area (Å²) in [6.07, 6.45) is 11.8. The molecule has 0 aromatic carbocycles. The summed E-state index contributed by atoms with van der Waals surface area (Å²) in [5.74, 6) is 7.03. The Hall–Kier alpha value is -0.480. The molecular weight excluding hydrogens is 230 g/mol. The lowest BCUT2D eigenvalue weighted by molar-refractivity contribution is 0.138. The molecule has 3 atom stereocenters. The first kappa shape index (κ1) is 16.6. The van der Waals surface area contributed by atoms with E-state index in [4.69, 9.17) is 6.42 Å². The van der Waals surface area contributed by atoms with Gasteiger partial charge in [0.05, 0.1) is 0 Å². The summed E-state index contributed by atoms with van der Waals surface area (Å²) in [6.45, 7) is 11.6. The first-order valence-electron chi connectivity index (χ1n) is 8.18. The zero-order valence-corrected chi connectivity index (χ0v) is 13.4. The number of hydrogen-bond acceptors (Lipinski definition) is 1. The Bertz CT molecular complexity index is 272. The second-order valence-electron chi connectivity index (χ2n) is 7.13. The van der Waals surface area contributed by atoms with Gasteiger partial charge in [0, 0.05) is 6.42 Å². The minimum atomic E-state index is 0.746. The van der Waals surface area contributed by atoms with E-state index in [9.17, 15) is 0 Å². The summed E-state index contributed by atoms with van der Waals surface area (Å²) in [6, 6.07) is 0. The molecule has 0 aromatic rings. The van der Waals surface area contributed by atoms with Crippen LogP contribution in [0.25, 0.3) is 0 Å². The van der Waals surface area contributed by atoms with Gasteiger partial charge in [0.25, 0.3) is 0 Å². The quantitative estimate of drug-likeness (QED) is 0.674. The average molecular weight is 263 g/mol. The second-order valence-corrected chi connectivity index (χ2v) is 7.13. The van der Waals surface area contributed by atoms with Gasteiger partial charge in [-0.25, -0.2) is 0 Å². The van der Waals surface area contributed by atoms with Crippen LogP contribution in [-0.4, -0.2) is 13.1 Å². The molecule has 0 spiro atoms. The zero-order valence-electron chi connectivity index (χ0n) is 13.4. The Kier molecular flexibility index (Phi) is 7.54. The monoisotopic (exact) mass is 263 g/mol. The minimum absolute atomic E-state index is 0.746. The molecule has 0 aromatic heterocycles. The molecule has 1 aliphatic carbocycles. The van der Waals surface area contributed by atoms with Gasteiger partial charge >= 0.3 is 0 Å². The fourth-order valence-electron chi connectivity index (χ4n) is 3.42. The molecule has 19 heavy (non-hydrogen) atoms. The van der Waals surface area contributed by atoms with Gasteiger partial charge in [-0.05, 0) is 68.4 Å². The maximum atomic E-state index is 5.46. The van der Waals surface area contributed by atoms with Gasteiger partial charge in [0.1, 0.15) is 0 Å². The molecule has 1 rings (SSSR count). The van der Waals surface area contributed by atoms with E-state index in [0.29, 0.717) is 0 Å². The topological polar surface area (TPSA) is 12.0 Å². The lowest BCUT2D eigenvalue weighted by atomic mass is 9.69. The van der Waals surface area contributed by atoms with Crippen LogP contribution in [0.1, 0.15) is 59.8 Å². The van der Waals surface area contributed by atoms with Gasteiger partial charge in [-0.15, -0.1) is 12.3 Å². The number of rotatable bonds is 7. The van der Waals surface area contributed by atoms with Crippen molar-refractivity contribution in [2.24, 2.45) is 29.6 Å². The molecule has 110 valence electrons. The van der Waals surface area contributed by atoms with Crippen LogP contribution in [-0.2, 0) is 0 Å². The molecule has 0 amide bonds. The van der Waals surface area contributed by atoms with Crippen molar-refractivity contribution in [3.05, 3.63) is 0 Å². The largest absolute Gasteiger partial charge is 0.316 e. The summed E-state index contributed by atoms with van der Waals surface area (Å²) in [7, 11) is 0. The van der Waals surface area contributed by atoms with Crippen LogP contribution in [0, 0.1) is 41.9 Å². The van der Waals surface area contributed by atoms with E-state index < -0.39 is 0 Å². The van der Waals surface area contributed by atoms with E-state index in [0.717, 1.165) is 42.6 Å². The van der Waals surface area contributed by atoms with Crippen LogP contribution in [0.4, 0.5) is 0 Å². The molecule has 1 nitrogen and oxygen atoms in total. The van der Waals surface area contributed by atoms with Crippen molar-refractivity contribution in [2.75, 3.05) is 13.1 Å². The van der Waals surface area contributed by atoms with Gasteiger partial charge in [-0.2, -0.15) is 0 Å². The maximum Gasteiger partial charge on any atom is 0.00888 e. The van der Waals surface area contributed by atoms with Crippen molar-refractivity contribution < 1.29 is 0 Å². The van der Waals surface area contributed by atoms with E-state index in [1.807, 2.05) is 0 Å². The highest BCUT2D eigenvalue weighted by atomic mass is 14.9. The molecular formula is C18H33N. The molecule has 0 heterocycles. The van der Waals surface area contributed by atoms with Crippen LogP contribution >= 0.6 is 0 Å².